The molecule has 0 radical (unpaired) electrons. The summed E-state index contributed by atoms with van der Waals surface area (Å²) < 4.78 is 0. The molecule has 0 unspecified atom stereocenters. The van der Waals surface area contributed by atoms with Crippen LogP contribution in [0.25, 0.3) is 4.91 Å². The van der Waals surface area contributed by atoms with Crippen molar-refractivity contribution in [3.8, 4) is 0 Å². The third-order valence-corrected chi connectivity index (χ3v) is 6.39. The van der Waals surface area contributed by atoms with Gasteiger partial charge in [-0.3, -0.25) is 0 Å². The number of benzene rings is 2. The topological polar surface area (TPSA) is 0 Å². The smallest absolute Gasteiger partial charge is 0.0231 e. The van der Waals surface area contributed by atoms with Crippen molar-refractivity contribution in [1.29, 1.82) is 0 Å². The predicted molar refractivity (Wildman–Crippen MR) is 104 cm³/mol. The van der Waals surface area contributed by atoms with E-state index in [1.54, 1.807) is 0 Å². The van der Waals surface area contributed by atoms with E-state index < -0.39 is 0 Å². The summed E-state index contributed by atoms with van der Waals surface area (Å²) in [6.07, 6.45) is 4.17. The Labute approximate surface area is 145 Å². The second-order valence-electron chi connectivity index (χ2n) is 7.12. The molecule has 2 aromatic carbocycles. The van der Waals surface area contributed by atoms with E-state index in [1.807, 2.05) is 11.8 Å². The molecule has 1 heteroatoms. The summed E-state index contributed by atoms with van der Waals surface area (Å²) in [7, 11) is 0. The molecule has 2 aromatic rings. The molecule has 0 spiro atoms. The fraction of sp³-hybridized carbons (Fsp3) is 0.364. The quantitative estimate of drug-likeness (QED) is 0.572. The van der Waals surface area contributed by atoms with Crippen molar-refractivity contribution in [2.75, 3.05) is 0 Å². The highest BCUT2D eigenvalue weighted by atomic mass is 32.2. The minimum atomic E-state index is 0.301. The van der Waals surface area contributed by atoms with E-state index in [0.717, 1.165) is 16.6 Å². The SMILES string of the molecule is C=C(SCc1ccccc1)c1ccc(C(C)(C)C2CCC2)cc1. The Morgan fingerprint density at radius 3 is 2.26 bits per heavy atom. The van der Waals surface area contributed by atoms with Gasteiger partial charge in [-0.15, -0.1) is 11.8 Å². The Bertz CT molecular complexity index is 648. The zero-order chi connectivity index (χ0) is 16.3. The summed E-state index contributed by atoms with van der Waals surface area (Å²) >= 11 is 1.82. The van der Waals surface area contributed by atoms with Crippen molar-refractivity contribution in [1.82, 2.24) is 0 Å². The van der Waals surface area contributed by atoms with Crippen molar-refractivity contribution >= 4 is 16.7 Å². The van der Waals surface area contributed by atoms with Gasteiger partial charge in [-0.2, -0.15) is 0 Å². The lowest BCUT2D eigenvalue weighted by Gasteiger charge is -2.41. The summed E-state index contributed by atoms with van der Waals surface area (Å²) in [5, 5.41) is 0. The fourth-order valence-corrected chi connectivity index (χ4v) is 4.12. The zero-order valence-electron chi connectivity index (χ0n) is 14.2. The van der Waals surface area contributed by atoms with Crippen LogP contribution in [0.15, 0.2) is 61.2 Å². The summed E-state index contributed by atoms with van der Waals surface area (Å²) in [5.74, 6) is 1.83. The third-order valence-electron chi connectivity index (χ3n) is 5.33. The molecule has 0 atom stereocenters. The monoisotopic (exact) mass is 322 g/mol. The van der Waals surface area contributed by atoms with Gasteiger partial charge in [-0.25, -0.2) is 0 Å². The second kappa shape index (κ2) is 6.97. The molecular weight excluding hydrogens is 296 g/mol. The second-order valence-corrected chi connectivity index (χ2v) is 8.19. The first kappa shape index (κ1) is 16.4. The first-order valence-corrected chi connectivity index (χ1v) is 9.52. The van der Waals surface area contributed by atoms with Crippen LogP contribution in [-0.2, 0) is 11.2 Å². The molecule has 0 nitrogen and oxygen atoms in total. The van der Waals surface area contributed by atoms with Gasteiger partial charge in [0.1, 0.15) is 0 Å². The molecule has 0 N–H and O–H groups in total. The Kier molecular flexibility index (Phi) is 4.96. The molecule has 0 heterocycles. The summed E-state index contributed by atoms with van der Waals surface area (Å²) in [5.41, 5.74) is 4.36. The van der Waals surface area contributed by atoms with Crippen LogP contribution in [0.4, 0.5) is 0 Å². The Hall–Kier alpha value is -1.47. The van der Waals surface area contributed by atoms with Crippen LogP contribution < -0.4 is 0 Å². The van der Waals surface area contributed by atoms with Crippen molar-refractivity contribution in [3.05, 3.63) is 77.9 Å². The Morgan fingerprint density at radius 1 is 1.04 bits per heavy atom. The van der Waals surface area contributed by atoms with Gasteiger partial charge in [0.2, 0.25) is 0 Å². The van der Waals surface area contributed by atoms with Crippen LogP contribution in [0.5, 0.6) is 0 Å². The van der Waals surface area contributed by atoms with Gasteiger partial charge in [-0.1, -0.05) is 81.4 Å². The molecule has 0 aliphatic heterocycles. The van der Waals surface area contributed by atoms with Crippen molar-refractivity contribution in [2.45, 2.75) is 44.3 Å². The molecule has 0 bridgehead atoms. The van der Waals surface area contributed by atoms with Crippen molar-refractivity contribution in [2.24, 2.45) is 5.92 Å². The van der Waals surface area contributed by atoms with Crippen LogP contribution in [0.2, 0.25) is 0 Å². The highest BCUT2D eigenvalue weighted by Gasteiger charge is 2.35. The van der Waals surface area contributed by atoms with Crippen LogP contribution >= 0.6 is 11.8 Å². The fourth-order valence-electron chi connectivity index (χ4n) is 3.28. The molecule has 0 amide bonds. The van der Waals surface area contributed by atoms with Gasteiger partial charge in [-0.05, 0) is 40.9 Å². The standard InChI is InChI=1S/C22H26S/c1-17(23-16-18-8-5-4-6-9-18)19-12-14-21(15-13-19)22(2,3)20-10-7-11-20/h4-6,8-9,12-15,20H,1,7,10-11,16H2,2-3H3. The van der Waals surface area contributed by atoms with Crippen LogP contribution in [0, 0.1) is 5.92 Å². The average Bonchev–Trinajstić information content (AvgIpc) is 2.51. The highest BCUT2D eigenvalue weighted by Crippen LogP contribution is 2.44. The molecule has 3 rings (SSSR count). The van der Waals surface area contributed by atoms with E-state index in [-0.39, 0.29) is 0 Å². The molecule has 23 heavy (non-hydrogen) atoms. The van der Waals surface area contributed by atoms with E-state index in [1.165, 1.54) is 36.0 Å². The van der Waals surface area contributed by atoms with Gasteiger partial charge in [0.25, 0.3) is 0 Å². The first-order chi connectivity index (χ1) is 11.1. The van der Waals surface area contributed by atoms with Gasteiger partial charge in [0.05, 0.1) is 0 Å². The summed E-state index contributed by atoms with van der Waals surface area (Å²) in [4.78, 5) is 1.15. The van der Waals surface area contributed by atoms with Crippen molar-refractivity contribution < 1.29 is 0 Å². The van der Waals surface area contributed by atoms with Crippen LogP contribution in [0.1, 0.15) is 49.8 Å². The first-order valence-electron chi connectivity index (χ1n) is 8.54. The minimum Gasteiger partial charge on any atom is -0.121 e. The maximum atomic E-state index is 4.26. The molecule has 0 aromatic heterocycles. The lowest BCUT2D eigenvalue weighted by Crippen LogP contribution is -2.33. The van der Waals surface area contributed by atoms with E-state index >= 15 is 0 Å². The zero-order valence-corrected chi connectivity index (χ0v) is 15.0. The molecule has 0 saturated heterocycles. The minimum absolute atomic E-state index is 0.301. The maximum absolute atomic E-state index is 4.26. The number of rotatable bonds is 6. The van der Waals surface area contributed by atoms with E-state index in [0.29, 0.717) is 5.41 Å². The largest absolute Gasteiger partial charge is 0.121 e. The van der Waals surface area contributed by atoms with Crippen LogP contribution in [-0.4, -0.2) is 0 Å². The maximum Gasteiger partial charge on any atom is 0.0231 e. The number of thioether (sulfide) groups is 1. The van der Waals surface area contributed by atoms with Gasteiger partial charge in [0.15, 0.2) is 0 Å². The third kappa shape index (κ3) is 3.72. The highest BCUT2D eigenvalue weighted by molar-refractivity contribution is 8.07. The lowest BCUT2D eigenvalue weighted by molar-refractivity contribution is 0.194. The molecular formula is C22H26S. The summed E-state index contributed by atoms with van der Waals surface area (Å²) in [6.45, 7) is 9.04. The normalized spacial score (nSPS) is 15.2. The molecule has 120 valence electrons. The molecule has 1 fully saturated rings. The van der Waals surface area contributed by atoms with Crippen molar-refractivity contribution in [3.63, 3.8) is 0 Å². The molecule has 1 aliphatic rings. The molecule has 1 saturated carbocycles. The van der Waals surface area contributed by atoms with Gasteiger partial charge in [0, 0.05) is 10.7 Å². The Balaban J connectivity index is 1.63. The van der Waals surface area contributed by atoms with E-state index in [2.05, 4.69) is 75.0 Å². The van der Waals surface area contributed by atoms with Crippen LogP contribution in [0.3, 0.4) is 0 Å². The van der Waals surface area contributed by atoms with Gasteiger partial charge >= 0.3 is 0 Å². The number of hydrogen-bond acceptors (Lipinski definition) is 1. The molecule has 1 aliphatic carbocycles. The predicted octanol–water partition coefficient (Wildman–Crippen LogP) is 6.67. The van der Waals surface area contributed by atoms with E-state index in [9.17, 15) is 0 Å². The lowest BCUT2D eigenvalue weighted by atomic mass is 9.64. The summed E-state index contributed by atoms with van der Waals surface area (Å²) in [6, 6.07) is 19.7. The van der Waals surface area contributed by atoms with Gasteiger partial charge < -0.3 is 0 Å². The Morgan fingerprint density at radius 2 is 1.70 bits per heavy atom. The van der Waals surface area contributed by atoms with E-state index in [4.69, 9.17) is 0 Å². The average molecular weight is 323 g/mol. The number of hydrogen-bond donors (Lipinski definition) is 0.